The molecule has 2 aromatic carbocycles. The van der Waals surface area contributed by atoms with E-state index >= 15 is 0 Å². The van der Waals surface area contributed by atoms with Gasteiger partial charge in [-0.2, -0.15) is 0 Å². The molecule has 0 heterocycles. The molecule has 5 heteroatoms. The fourth-order valence-corrected chi connectivity index (χ4v) is 3.79. The maximum absolute atomic E-state index is 13.8. The number of sulfone groups is 1. The Morgan fingerprint density at radius 1 is 1.10 bits per heavy atom. The van der Waals surface area contributed by atoms with Crippen LogP contribution in [0.1, 0.15) is 16.4 Å². The van der Waals surface area contributed by atoms with E-state index in [1.807, 2.05) is 6.92 Å². The third kappa shape index (κ3) is 2.73. The van der Waals surface area contributed by atoms with Gasteiger partial charge in [0.1, 0.15) is 11.1 Å². The molecule has 1 atom stereocenters. The van der Waals surface area contributed by atoms with Crippen LogP contribution in [-0.4, -0.2) is 15.0 Å². The fraction of sp³-hybridized carbons (Fsp3) is 0.200. The molecule has 0 radical (unpaired) electrons. The van der Waals surface area contributed by atoms with Gasteiger partial charge in [-0.15, -0.1) is 0 Å². The van der Waals surface area contributed by atoms with Gasteiger partial charge >= 0.3 is 0 Å². The van der Waals surface area contributed by atoms with Crippen molar-refractivity contribution in [3.05, 3.63) is 65.5 Å². The minimum atomic E-state index is -3.65. The largest absolute Gasteiger partial charge is 0.356 e. The summed E-state index contributed by atoms with van der Waals surface area (Å²) >= 11 is 0. The van der Waals surface area contributed by atoms with Gasteiger partial charge in [-0.25, -0.2) is 12.8 Å². The van der Waals surface area contributed by atoms with Gasteiger partial charge in [0, 0.05) is 5.56 Å². The van der Waals surface area contributed by atoms with Crippen molar-refractivity contribution in [3.8, 4) is 0 Å². The van der Waals surface area contributed by atoms with E-state index in [1.165, 1.54) is 18.2 Å². The molecular weight excluding hydrogens is 277 g/mol. The first-order valence-corrected chi connectivity index (χ1v) is 7.85. The summed E-state index contributed by atoms with van der Waals surface area (Å²) in [5, 5.41) is -0.966. The Hall–Kier alpha value is -1.72. The van der Waals surface area contributed by atoms with E-state index in [1.54, 1.807) is 30.3 Å². The molecule has 106 valence electrons. The van der Waals surface area contributed by atoms with Gasteiger partial charge < -0.3 is 5.73 Å². The van der Waals surface area contributed by atoms with Crippen molar-refractivity contribution >= 4 is 9.84 Å². The van der Waals surface area contributed by atoms with E-state index in [9.17, 15) is 12.8 Å². The summed E-state index contributed by atoms with van der Waals surface area (Å²) < 4.78 is 39.1. The standard InChI is InChI=1S/C15H16FNO2S/c1-11-6-8-12(9-7-11)20(18,19)15(10-17)13-4-2-3-5-14(13)16/h2-9,15H,10,17H2,1H3/p+1/t15-/m1/s1. The van der Waals surface area contributed by atoms with Crippen LogP contribution in [0.25, 0.3) is 0 Å². The Kier molecular flexibility index (Phi) is 4.20. The minimum absolute atomic E-state index is 0.0805. The van der Waals surface area contributed by atoms with Crippen molar-refractivity contribution in [2.75, 3.05) is 6.54 Å². The van der Waals surface area contributed by atoms with E-state index < -0.39 is 20.9 Å². The number of benzene rings is 2. The van der Waals surface area contributed by atoms with Crippen molar-refractivity contribution in [2.24, 2.45) is 0 Å². The first-order chi connectivity index (χ1) is 9.46. The van der Waals surface area contributed by atoms with Gasteiger partial charge in [0.2, 0.25) is 0 Å². The molecule has 0 bridgehead atoms. The Bertz CT molecular complexity index is 696. The molecule has 2 rings (SSSR count). The van der Waals surface area contributed by atoms with Gasteiger partial charge in [0.15, 0.2) is 9.84 Å². The van der Waals surface area contributed by atoms with Gasteiger partial charge in [0.05, 0.1) is 11.4 Å². The van der Waals surface area contributed by atoms with E-state index in [-0.39, 0.29) is 17.0 Å². The van der Waals surface area contributed by atoms with E-state index in [0.717, 1.165) is 5.56 Å². The third-order valence-corrected chi connectivity index (χ3v) is 5.41. The monoisotopic (exact) mass is 294 g/mol. The fourth-order valence-electron chi connectivity index (χ4n) is 2.11. The van der Waals surface area contributed by atoms with Crippen LogP contribution in [-0.2, 0) is 9.84 Å². The van der Waals surface area contributed by atoms with Gasteiger partial charge in [0.25, 0.3) is 0 Å². The molecule has 0 aliphatic carbocycles. The van der Waals surface area contributed by atoms with Crippen LogP contribution in [0.15, 0.2) is 53.4 Å². The second kappa shape index (κ2) is 5.73. The van der Waals surface area contributed by atoms with Crippen LogP contribution in [0.5, 0.6) is 0 Å². The Morgan fingerprint density at radius 2 is 1.70 bits per heavy atom. The summed E-state index contributed by atoms with van der Waals surface area (Å²) in [7, 11) is -3.65. The number of quaternary nitrogens is 1. The molecule has 3 N–H and O–H groups in total. The summed E-state index contributed by atoms with van der Waals surface area (Å²) in [5.74, 6) is -0.517. The lowest BCUT2D eigenvalue weighted by Gasteiger charge is -2.15. The predicted molar refractivity (Wildman–Crippen MR) is 75.3 cm³/mol. The molecule has 0 fully saturated rings. The normalized spacial score (nSPS) is 13.2. The number of rotatable bonds is 4. The minimum Gasteiger partial charge on any atom is -0.356 e. The molecule has 0 spiro atoms. The number of halogens is 1. The molecule has 0 saturated carbocycles. The van der Waals surface area contributed by atoms with Crippen molar-refractivity contribution in [1.29, 1.82) is 0 Å². The molecule has 20 heavy (non-hydrogen) atoms. The lowest BCUT2D eigenvalue weighted by Crippen LogP contribution is -2.54. The average molecular weight is 294 g/mol. The van der Waals surface area contributed by atoms with E-state index in [4.69, 9.17) is 0 Å². The average Bonchev–Trinajstić information content (AvgIpc) is 2.42. The van der Waals surface area contributed by atoms with Crippen LogP contribution in [0.4, 0.5) is 4.39 Å². The first-order valence-electron chi connectivity index (χ1n) is 6.31. The lowest BCUT2D eigenvalue weighted by atomic mass is 10.1. The number of aryl methyl sites for hydroxylation is 1. The molecule has 2 aromatic rings. The molecule has 3 nitrogen and oxygen atoms in total. The zero-order chi connectivity index (χ0) is 14.8. The lowest BCUT2D eigenvalue weighted by molar-refractivity contribution is -0.367. The summed E-state index contributed by atoms with van der Waals surface area (Å²) in [6.07, 6.45) is 0. The second-order valence-electron chi connectivity index (χ2n) is 4.66. The smallest absolute Gasteiger partial charge is 0.191 e. The van der Waals surface area contributed by atoms with Crippen molar-refractivity contribution in [3.63, 3.8) is 0 Å². The third-order valence-electron chi connectivity index (χ3n) is 3.24. The summed E-state index contributed by atoms with van der Waals surface area (Å²) in [5.41, 5.74) is 4.81. The Balaban J connectivity index is 2.51. The SMILES string of the molecule is Cc1ccc(S(=O)(=O)[C@H](C[NH3+])c2ccccc2F)cc1. The maximum atomic E-state index is 13.8. The highest BCUT2D eigenvalue weighted by molar-refractivity contribution is 7.91. The van der Waals surface area contributed by atoms with E-state index in [0.29, 0.717) is 0 Å². The molecule has 0 amide bonds. The maximum Gasteiger partial charge on any atom is 0.191 e. The summed E-state index contributed by atoms with van der Waals surface area (Å²) in [4.78, 5) is 0.194. The van der Waals surface area contributed by atoms with Crippen LogP contribution < -0.4 is 5.73 Å². The van der Waals surface area contributed by atoms with E-state index in [2.05, 4.69) is 5.73 Å². The number of hydrogen-bond acceptors (Lipinski definition) is 2. The van der Waals surface area contributed by atoms with Crippen LogP contribution in [0, 0.1) is 12.7 Å². The highest BCUT2D eigenvalue weighted by Crippen LogP contribution is 2.29. The number of hydrogen-bond donors (Lipinski definition) is 1. The quantitative estimate of drug-likeness (QED) is 0.936. The summed E-state index contributed by atoms with van der Waals surface area (Å²) in [6.45, 7) is 1.96. The van der Waals surface area contributed by atoms with Crippen LogP contribution in [0.2, 0.25) is 0 Å². The van der Waals surface area contributed by atoms with Gasteiger partial charge in [-0.05, 0) is 25.1 Å². The van der Waals surface area contributed by atoms with Gasteiger partial charge in [-0.1, -0.05) is 35.9 Å². The molecule has 0 aliphatic heterocycles. The summed E-state index contributed by atoms with van der Waals surface area (Å²) in [6, 6.07) is 12.5. The Labute approximate surface area is 118 Å². The van der Waals surface area contributed by atoms with Gasteiger partial charge in [-0.3, -0.25) is 0 Å². The topological polar surface area (TPSA) is 61.8 Å². The van der Waals surface area contributed by atoms with Crippen LogP contribution >= 0.6 is 0 Å². The molecule has 0 unspecified atom stereocenters. The van der Waals surface area contributed by atoms with Crippen LogP contribution in [0.3, 0.4) is 0 Å². The van der Waals surface area contributed by atoms with Crippen molar-refractivity contribution < 1.29 is 18.5 Å². The zero-order valence-electron chi connectivity index (χ0n) is 11.2. The highest BCUT2D eigenvalue weighted by Gasteiger charge is 2.31. The molecule has 0 aromatic heterocycles. The molecule has 0 aliphatic rings. The zero-order valence-corrected chi connectivity index (χ0v) is 12.0. The predicted octanol–water partition coefficient (Wildman–Crippen LogP) is 1.89. The van der Waals surface area contributed by atoms with Crippen molar-refractivity contribution in [1.82, 2.24) is 0 Å². The molecular formula is C15H17FNO2S+. The Morgan fingerprint density at radius 3 is 2.25 bits per heavy atom. The van der Waals surface area contributed by atoms with Crippen molar-refractivity contribution in [2.45, 2.75) is 17.1 Å². The first kappa shape index (κ1) is 14.7. The second-order valence-corrected chi connectivity index (χ2v) is 6.79. The molecule has 0 saturated heterocycles. The highest BCUT2D eigenvalue weighted by atomic mass is 32.2.